The first-order valence-electron chi connectivity index (χ1n) is 8.88. The predicted octanol–water partition coefficient (Wildman–Crippen LogP) is 3.65. The molecule has 2 heterocycles. The summed E-state index contributed by atoms with van der Waals surface area (Å²) in [6.07, 6.45) is 1.17. The molecule has 2 atom stereocenters. The van der Waals surface area contributed by atoms with Crippen molar-refractivity contribution in [1.29, 1.82) is 0 Å². The molecule has 1 aliphatic rings. The molecule has 0 fully saturated rings. The summed E-state index contributed by atoms with van der Waals surface area (Å²) in [4.78, 5) is 20.4. The minimum absolute atomic E-state index is 0.0616. The highest BCUT2D eigenvalue weighted by atomic mass is 32.2. The first-order valence-corrected chi connectivity index (χ1v) is 10.4. The van der Waals surface area contributed by atoms with Gasteiger partial charge in [0.15, 0.2) is 23.1 Å². The van der Waals surface area contributed by atoms with Crippen molar-refractivity contribution in [2.45, 2.75) is 24.6 Å². The molecule has 1 aromatic heterocycles. The van der Waals surface area contributed by atoms with Crippen molar-refractivity contribution in [3.8, 4) is 5.75 Å². The summed E-state index contributed by atoms with van der Waals surface area (Å²) in [5.74, 6) is 0.804. The molecule has 160 valence electrons. The number of nitrogens with zero attached hydrogens (tertiary/aromatic N) is 2. The first-order chi connectivity index (χ1) is 14.0. The largest absolute Gasteiger partial charge is 0.495 e. The topological polar surface area (TPSA) is 89.6 Å². The highest BCUT2D eigenvalue weighted by Gasteiger charge is 2.34. The number of halogens is 3. The van der Waals surface area contributed by atoms with Gasteiger partial charge >= 0.3 is 0 Å². The van der Waals surface area contributed by atoms with Crippen LogP contribution in [0.3, 0.4) is 0 Å². The smallest absolute Gasteiger partial charge is 0.277 e. The van der Waals surface area contributed by atoms with E-state index in [-0.39, 0.29) is 17.0 Å². The van der Waals surface area contributed by atoms with Crippen molar-refractivity contribution in [1.82, 2.24) is 4.98 Å². The minimum atomic E-state index is -1.17. The molecule has 6 nitrogen and oxygen atoms in total. The van der Waals surface area contributed by atoms with E-state index >= 15 is 0 Å². The predicted molar refractivity (Wildman–Crippen MR) is 113 cm³/mol. The molecule has 30 heavy (non-hydrogen) atoms. The summed E-state index contributed by atoms with van der Waals surface area (Å²) in [5.41, 5.74) is 5.39. The highest BCUT2D eigenvalue weighted by Crippen LogP contribution is 2.41. The molecule has 0 saturated carbocycles. The molecule has 2 aromatic rings. The van der Waals surface area contributed by atoms with Crippen LogP contribution in [0, 0.1) is 17.5 Å². The Kier molecular flexibility index (Phi) is 5.89. The second-order valence-corrected chi connectivity index (χ2v) is 9.56. The monoisotopic (exact) mass is 438 g/mol. The molecule has 2 unspecified atom stereocenters. The normalized spacial score (nSPS) is 20.4. The van der Waals surface area contributed by atoms with E-state index in [2.05, 4.69) is 21.2 Å². The summed E-state index contributed by atoms with van der Waals surface area (Å²) in [6.45, 7) is 3.78. The lowest BCUT2D eigenvalue weighted by atomic mass is 10.1. The number of amides is 1. The molecular formula is C20H21F3N4O2S. The Morgan fingerprint density at radius 1 is 1.30 bits per heavy atom. The first kappa shape index (κ1) is 21.8. The third kappa shape index (κ3) is 4.04. The molecule has 3 rings (SSSR count). The fraction of sp³-hybridized carbons (Fsp3) is 0.300. The number of benzene rings is 1. The maximum atomic E-state index is 14.5. The Labute approximate surface area is 174 Å². The number of anilines is 1. The van der Waals surface area contributed by atoms with Gasteiger partial charge in [0.1, 0.15) is 11.6 Å². The van der Waals surface area contributed by atoms with E-state index in [9.17, 15) is 18.0 Å². The molecule has 0 spiro atoms. The number of aliphatic imine (C=N–C) groups is 1. The van der Waals surface area contributed by atoms with Crippen LogP contribution in [0.1, 0.15) is 35.9 Å². The van der Waals surface area contributed by atoms with Gasteiger partial charge in [0.05, 0.1) is 24.1 Å². The number of hydrogen-bond acceptors (Lipinski definition) is 5. The number of rotatable bonds is 4. The average Bonchev–Trinajstić information content (AvgIpc) is 2.68. The molecular weight excluding hydrogens is 417 g/mol. The van der Waals surface area contributed by atoms with Gasteiger partial charge in [0.2, 0.25) is 0 Å². The van der Waals surface area contributed by atoms with E-state index in [4.69, 9.17) is 10.5 Å². The van der Waals surface area contributed by atoms with Gasteiger partial charge in [0, 0.05) is 29.1 Å². The Balaban J connectivity index is 1.93. The third-order valence-corrected chi connectivity index (χ3v) is 7.30. The number of ether oxygens (including phenoxy) is 1. The summed E-state index contributed by atoms with van der Waals surface area (Å²) in [7, 11) is 0.848. The zero-order valence-corrected chi connectivity index (χ0v) is 17.4. The maximum Gasteiger partial charge on any atom is 0.277 e. The van der Waals surface area contributed by atoms with Crippen molar-refractivity contribution in [2.75, 3.05) is 18.2 Å². The zero-order valence-electron chi connectivity index (χ0n) is 16.6. The van der Waals surface area contributed by atoms with E-state index < -0.39 is 50.3 Å². The molecule has 1 aliphatic heterocycles. The number of nitrogens with one attached hydrogen (secondary N) is 1. The Bertz CT molecular complexity index is 1070. The zero-order chi connectivity index (χ0) is 22.2. The summed E-state index contributed by atoms with van der Waals surface area (Å²) < 4.78 is 47.2. The van der Waals surface area contributed by atoms with Crippen LogP contribution in [0.2, 0.25) is 0 Å². The summed E-state index contributed by atoms with van der Waals surface area (Å²) >= 11 is 0. The quantitative estimate of drug-likeness (QED) is 0.713. The minimum Gasteiger partial charge on any atom is -0.495 e. The lowest BCUT2D eigenvalue weighted by Gasteiger charge is -2.35. The molecule has 0 radical (unpaired) electrons. The Morgan fingerprint density at radius 2 is 2.00 bits per heavy atom. The molecule has 0 bridgehead atoms. The van der Waals surface area contributed by atoms with Crippen LogP contribution < -0.4 is 15.8 Å². The second-order valence-electron chi connectivity index (χ2n) is 7.22. The van der Waals surface area contributed by atoms with Gasteiger partial charge in [-0.05, 0) is 19.9 Å². The average molecular weight is 438 g/mol. The number of amidine groups is 1. The van der Waals surface area contributed by atoms with Gasteiger partial charge in [-0.25, -0.2) is 18.2 Å². The van der Waals surface area contributed by atoms with Crippen molar-refractivity contribution in [3.05, 3.63) is 53.1 Å². The van der Waals surface area contributed by atoms with Crippen molar-refractivity contribution < 1.29 is 22.7 Å². The van der Waals surface area contributed by atoms with Gasteiger partial charge in [-0.15, -0.1) is 0 Å². The highest BCUT2D eigenvalue weighted by molar-refractivity contribution is 8.16. The van der Waals surface area contributed by atoms with E-state index in [1.165, 1.54) is 19.4 Å². The van der Waals surface area contributed by atoms with Gasteiger partial charge in [0.25, 0.3) is 5.91 Å². The maximum absolute atomic E-state index is 14.5. The Morgan fingerprint density at radius 3 is 2.60 bits per heavy atom. The lowest BCUT2D eigenvalue weighted by molar-refractivity contribution is 0.101. The van der Waals surface area contributed by atoms with E-state index in [0.717, 1.165) is 12.1 Å². The van der Waals surface area contributed by atoms with Gasteiger partial charge in [-0.1, -0.05) is 5.87 Å². The van der Waals surface area contributed by atoms with Crippen LogP contribution in [-0.4, -0.2) is 40.2 Å². The number of pyridine rings is 1. The molecule has 1 amide bonds. The molecule has 1 aromatic carbocycles. The van der Waals surface area contributed by atoms with Gasteiger partial charge < -0.3 is 15.8 Å². The molecule has 10 heteroatoms. The van der Waals surface area contributed by atoms with Gasteiger partial charge in [-0.3, -0.25) is 9.79 Å². The van der Waals surface area contributed by atoms with Crippen molar-refractivity contribution >= 4 is 33.8 Å². The van der Waals surface area contributed by atoms with Crippen LogP contribution in [0.15, 0.2) is 29.4 Å². The second kappa shape index (κ2) is 8.10. The van der Waals surface area contributed by atoms with E-state index in [0.29, 0.717) is 11.6 Å². The number of nitrogens with two attached hydrogens (primary N) is 1. The van der Waals surface area contributed by atoms with Crippen molar-refractivity contribution in [3.63, 3.8) is 0 Å². The lowest BCUT2D eigenvalue weighted by Crippen LogP contribution is -2.41. The summed E-state index contributed by atoms with van der Waals surface area (Å²) in [6, 6.07) is 2.31. The third-order valence-electron chi connectivity index (χ3n) is 4.93. The molecule has 3 N–H and O–H groups in total. The van der Waals surface area contributed by atoms with E-state index in [1.54, 1.807) is 0 Å². The standard InChI is InChI=1S/C20H21F3N4O2S/c1-20(2)19(24)27-15(9-30(20)4)12-5-10(6-13(21)16(12)23)26-18(28)17-14(22)7-11(29-3)8-25-17/h5-8,15H,4,9H2,1-3H3,(H2,24,27)(H,26,28). The number of aromatic nitrogens is 1. The number of methoxy groups -OCH3 is 1. The molecule has 0 saturated heterocycles. The van der Waals surface area contributed by atoms with Crippen LogP contribution >= 0.6 is 10.5 Å². The number of carbonyl (C=O) groups is 1. The SMILES string of the molecule is C=S1CC(c2cc(NC(=O)c3ncc(OC)cc3F)cc(F)c2F)N=C(N)C1(C)C. The van der Waals surface area contributed by atoms with Crippen LogP contribution in [0.4, 0.5) is 18.9 Å². The van der Waals surface area contributed by atoms with Gasteiger partial charge in [-0.2, -0.15) is 10.5 Å². The number of hydrogen-bond donors (Lipinski definition) is 2. The number of carbonyl (C=O) groups excluding carboxylic acids is 1. The molecule has 0 aliphatic carbocycles. The fourth-order valence-corrected chi connectivity index (χ4v) is 4.28. The van der Waals surface area contributed by atoms with Crippen LogP contribution in [0.5, 0.6) is 5.75 Å². The summed E-state index contributed by atoms with van der Waals surface area (Å²) in [5, 5.41) is 2.34. The fourth-order valence-electron chi connectivity index (χ4n) is 2.88. The van der Waals surface area contributed by atoms with Crippen LogP contribution in [0.25, 0.3) is 0 Å². The Hall–Kier alpha value is -2.88. The van der Waals surface area contributed by atoms with Crippen LogP contribution in [-0.2, 0) is 0 Å². The van der Waals surface area contributed by atoms with Crippen molar-refractivity contribution in [2.24, 2.45) is 10.7 Å². The van der Waals surface area contributed by atoms with E-state index in [1.807, 2.05) is 13.8 Å².